The van der Waals surface area contributed by atoms with Crippen molar-refractivity contribution in [3.63, 3.8) is 0 Å². The normalized spacial score (nSPS) is 11.5. The fraction of sp³-hybridized carbons (Fsp3) is 0. The van der Waals surface area contributed by atoms with E-state index in [1.54, 1.807) is 0 Å². The molecule has 0 fully saturated rings. The number of aromatic nitrogens is 3. The van der Waals surface area contributed by atoms with Gasteiger partial charge in [-0.2, -0.15) is 15.0 Å². The molecule has 27 heteroatoms. The Hall–Kier alpha value is -2.56. The number of hydrogen-bond donors (Lipinski definition) is 5. The van der Waals surface area contributed by atoms with Crippen LogP contribution in [0.25, 0.3) is 10.8 Å². The van der Waals surface area contributed by atoms with Gasteiger partial charge in [-0.25, -0.2) is 30.0 Å². The number of amides is 2. The molecule has 1 aromatic heterocycles. The first-order valence-corrected chi connectivity index (χ1v) is 17.7. The number of rotatable bonds is 10. The molecule has 0 atom stereocenters. The summed E-state index contributed by atoms with van der Waals surface area (Å²) < 4.78 is 107. The number of azo groups is 1. The molecule has 1 heterocycles. The van der Waals surface area contributed by atoms with Crippen molar-refractivity contribution in [2.24, 2.45) is 16.0 Å². The van der Waals surface area contributed by atoms with Gasteiger partial charge in [0.05, 0.1) is 20.4 Å². The minimum absolute atomic E-state index is 0. The first-order chi connectivity index (χ1) is 23.3. The van der Waals surface area contributed by atoms with Gasteiger partial charge in [0.2, 0.25) is 17.2 Å². The van der Waals surface area contributed by atoms with Gasteiger partial charge >= 0.3 is 94.7 Å². The van der Waals surface area contributed by atoms with Crippen LogP contribution in [-0.2, 0) is 30.4 Å². The Labute approximate surface area is 371 Å². The van der Waals surface area contributed by atoms with Crippen LogP contribution < -0.4 is 110 Å². The number of phenolic OH excluding ortho intramolecular Hbond substituents is 1. The second-order valence-electron chi connectivity index (χ2n) is 9.74. The Morgan fingerprint density at radius 1 is 0.717 bits per heavy atom. The predicted octanol–water partition coefficient (Wildman–Crippen LogP) is -5.50. The number of halogens is 1. The number of carbonyl (C=O) groups is 1. The van der Waals surface area contributed by atoms with Gasteiger partial charge in [-0.15, -0.1) is 10.2 Å². The van der Waals surface area contributed by atoms with Crippen LogP contribution in [0.5, 0.6) is 5.75 Å². The van der Waals surface area contributed by atoms with Gasteiger partial charge in [-0.05, 0) is 71.6 Å². The molecule has 0 aliphatic carbocycles. The number of hydrogen-bond acceptors (Lipinski definition) is 18. The van der Waals surface area contributed by atoms with Gasteiger partial charge in [0.15, 0.2) is 5.75 Å². The van der Waals surface area contributed by atoms with Crippen LogP contribution in [0.2, 0.25) is 5.28 Å². The first-order valence-electron chi connectivity index (χ1n) is 13.1. The Bertz CT molecular complexity index is 2590. The molecule has 0 aliphatic heterocycles. The van der Waals surface area contributed by atoms with E-state index in [0.717, 1.165) is 30.3 Å². The molecule has 6 N–H and O–H groups in total. The molecule has 0 spiro atoms. The molecule has 0 unspecified atom stereocenters. The third-order valence-corrected chi connectivity index (χ3v) is 9.14. The molecule has 260 valence electrons. The largest absolute Gasteiger partial charge is 1.00 e. The van der Waals surface area contributed by atoms with Gasteiger partial charge in [0.25, 0.3) is 0 Å². The minimum atomic E-state index is -5.38. The fourth-order valence-electron chi connectivity index (χ4n) is 4.35. The van der Waals surface area contributed by atoms with Gasteiger partial charge in [0.1, 0.15) is 41.7 Å². The summed E-state index contributed by atoms with van der Waals surface area (Å²) in [6.45, 7) is 0. The summed E-state index contributed by atoms with van der Waals surface area (Å²) in [6, 6.07) is 11.4. The number of urea groups is 1. The molecule has 0 bridgehead atoms. The van der Waals surface area contributed by atoms with E-state index in [4.69, 9.17) is 17.3 Å². The van der Waals surface area contributed by atoms with Crippen LogP contribution in [0.15, 0.2) is 91.6 Å². The maximum Gasteiger partial charge on any atom is 1.00 e. The van der Waals surface area contributed by atoms with E-state index < -0.39 is 73.5 Å². The summed E-state index contributed by atoms with van der Waals surface area (Å²) in [5, 5.41) is 25.0. The maximum absolute atomic E-state index is 12.2. The molecular weight excluding hydrogens is 815 g/mol. The van der Waals surface area contributed by atoms with Crippen molar-refractivity contribution >= 4 is 99.1 Å². The standard InChI is InChI=1S/C26H20ClN9O11S3.3Na/c27-23-32-25(34-26(33-23)31-16-3-1-2-4-18(16)48(39,40)41)30-14-6-8-19(49(42,43)44)17(11-14)35-36-21-20(50(45,46)47)10-12-9-13(29-24(28)38)5-7-15(12)22(21)37;;;/h1-11,37H,(H3,28,29,38)(H,39,40,41)(H,42,43,44)(H,45,46,47)(H2,30,31,32,33,34);;;/q;3*+1/p-3. The SMILES string of the molecule is NC(=O)Nc1ccc2c(O)c(N=Nc3cc(Nc4nc(Cl)nc(Nc5ccccc5S(=O)(=O)[O-])n4)ccc3S(=O)(=O)[O-])c(S(=O)(=O)[O-])cc2c1.[Na+].[Na+].[Na+]. The number of aromatic hydroxyl groups is 1. The number of primary amides is 1. The number of nitrogens with one attached hydrogen (secondary N) is 3. The smallest absolute Gasteiger partial charge is 0.744 e. The molecular formula is C26H17ClN9Na3O11S3. The summed E-state index contributed by atoms with van der Waals surface area (Å²) in [5.74, 6) is -1.54. The van der Waals surface area contributed by atoms with Crippen molar-refractivity contribution in [1.82, 2.24) is 15.0 Å². The number of nitrogens with two attached hydrogens (primary N) is 1. The Morgan fingerprint density at radius 3 is 1.91 bits per heavy atom. The fourth-order valence-corrected chi connectivity index (χ4v) is 6.38. The number of fused-ring (bicyclic) bond motifs is 1. The van der Waals surface area contributed by atoms with E-state index in [-0.39, 0.29) is 128 Å². The predicted molar refractivity (Wildman–Crippen MR) is 171 cm³/mol. The van der Waals surface area contributed by atoms with E-state index in [2.05, 4.69) is 41.1 Å². The van der Waals surface area contributed by atoms with Crippen molar-refractivity contribution in [2.75, 3.05) is 16.0 Å². The number of para-hydroxylation sites is 1. The van der Waals surface area contributed by atoms with E-state index in [0.29, 0.717) is 0 Å². The van der Waals surface area contributed by atoms with Crippen molar-refractivity contribution in [2.45, 2.75) is 14.7 Å². The molecule has 53 heavy (non-hydrogen) atoms. The first kappa shape index (κ1) is 46.6. The third-order valence-electron chi connectivity index (χ3n) is 6.34. The maximum atomic E-state index is 12.2. The molecule has 0 radical (unpaired) electrons. The number of benzene rings is 4. The van der Waals surface area contributed by atoms with Crippen molar-refractivity contribution in [1.29, 1.82) is 0 Å². The summed E-state index contributed by atoms with van der Waals surface area (Å²) >= 11 is 5.99. The molecule has 5 rings (SSSR count). The van der Waals surface area contributed by atoms with Crippen molar-refractivity contribution in [3.8, 4) is 5.75 Å². The summed E-state index contributed by atoms with van der Waals surface area (Å²) in [7, 11) is -15.5. The van der Waals surface area contributed by atoms with Crippen molar-refractivity contribution in [3.05, 3.63) is 72.0 Å². The van der Waals surface area contributed by atoms with Gasteiger partial charge in [-0.1, -0.05) is 12.1 Å². The molecule has 0 saturated heterocycles. The van der Waals surface area contributed by atoms with E-state index in [1.165, 1.54) is 36.4 Å². The van der Waals surface area contributed by atoms with E-state index in [9.17, 15) is 48.8 Å². The van der Waals surface area contributed by atoms with Crippen molar-refractivity contribution < 1.29 is 137 Å². The minimum Gasteiger partial charge on any atom is -0.744 e. The van der Waals surface area contributed by atoms with Crippen LogP contribution in [0.3, 0.4) is 0 Å². The van der Waals surface area contributed by atoms with E-state index in [1.807, 2.05) is 0 Å². The third kappa shape index (κ3) is 11.7. The summed E-state index contributed by atoms with van der Waals surface area (Å²) in [6.07, 6.45) is 0. The van der Waals surface area contributed by atoms with Gasteiger partial charge in [-0.3, -0.25) is 0 Å². The van der Waals surface area contributed by atoms with Crippen LogP contribution in [0.1, 0.15) is 0 Å². The zero-order chi connectivity index (χ0) is 36.6. The number of carbonyl (C=O) groups excluding carboxylic acids is 1. The molecule has 0 saturated carbocycles. The molecule has 4 aromatic carbocycles. The molecule has 0 aliphatic rings. The number of anilines is 5. The second-order valence-corrected chi connectivity index (χ2v) is 14.1. The summed E-state index contributed by atoms with van der Waals surface area (Å²) in [4.78, 5) is 20.2. The quantitative estimate of drug-likeness (QED) is 0.0498. The van der Waals surface area contributed by atoms with Crippen LogP contribution in [0.4, 0.5) is 45.1 Å². The number of nitrogens with zero attached hydrogens (tertiary/aromatic N) is 5. The molecule has 2 amide bonds. The molecule has 5 aromatic rings. The summed E-state index contributed by atoms with van der Waals surface area (Å²) in [5.41, 5.74) is 3.30. The molecule has 20 nitrogen and oxygen atoms in total. The van der Waals surface area contributed by atoms with Gasteiger partial charge in [0, 0.05) is 16.8 Å². The Morgan fingerprint density at radius 2 is 1.30 bits per heavy atom. The zero-order valence-electron chi connectivity index (χ0n) is 27.3. The number of phenols is 1. The van der Waals surface area contributed by atoms with Crippen LogP contribution in [0, 0.1) is 0 Å². The van der Waals surface area contributed by atoms with E-state index >= 15 is 0 Å². The topological polar surface area (TPSA) is 334 Å². The average Bonchev–Trinajstić information content (AvgIpc) is 2.98. The van der Waals surface area contributed by atoms with Crippen LogP contribution in [-0.4, -0.2) is 65.0 Å². The average molecular weight is 832 g/mol. The Balaban J connectivity index is 0.00000324. The second kappa shape index (κ2) is 18.4. The van der Waals surface area contributed by atoms with Crippen LogP contribution >= 0.6 is 11.6 Å². The van der Waals surface area contributed by atoms with Gasteiger partial charge < -0.3 is 40.4 Å². The Kier molecular flexibility index (Phi) is 16.2. The monoisotopic (exact) mass is 831 g/mol. The zero-order valence-corrected chi connectivity index (χ0v) is 36.5.